The molecule has 2 N–H and O–H groups in total. The summed E-state index contributed by atoms with van der Waals surface area (Å²) in [6.45, 7) is 7.74. The second kappa shape index (κ2) is 11.2. The van der Waals surface area contributed by atoms with Gasteiger partial charge in [-0.05, 0) is 24.2 Å². The van der Waals surface area contributed by atoms with E-state index in [2.05, 4.69) is 16.5 Å². The quantitative estimate of drug-likeness (QED) is 0.317. The van der Waals surface area contributed by atoms with Crippen LogP contribution in [0.1, 0.15) is 12.7 Å². The first-order valence-electron chi connectivity index (χ1n) is 10.3. The summed E-state index contributed by atoms with van der Waals surface area (Å²) in [5, 5.41) is 12.7. The average molecular weight is 460 g/mol. The van der Waals surface area contributed by atoms with Crippen LogP contribution in [0, 0.1) is 0 Å². The molecule has 3 rings (SSSR count). The summed E-state index contributed by atoms with van der Waals surface area (Å²) in [6.07, 6.45) is 1.01. The van der Waals surface area contributed by atoms with Gasteiger partial charge in [-0.2, -0.15) is 0 Å². The van der Waals surface area contributed by atoms with Gasteiger partial charge in [0.1, 0.15) is 10.7 Å². The maximum absolute atomic E-state index is 13.0. The number of aromatic nitrogens is 2. The van der Waals surface area contributed by atoms with Gasteiger partial charge >= 0.3 is 0 Å². The summed E-state index contributed by atoms with van der Waals surface area (Å²) in [4.78, 5) is 23.2. The number of ether oxygens (including phenoxy) is 3. The number of methoxy groups -OCH3 is 2. The zero-order valence-electron chi connectivity index (χ0n) is 18.6. The van der Waals surface area contributed by atoms with Crippen LogP contribution in [0.4, 0.5) is 0 Å². The first-order valence-corrected chi connectivity index (χ1v) is 11.2. The predicted molar refractivity (Wildman–Crippen MR) is 127 cm³/mol. The molecule has 0 aliphatic heterocycles. The summed E-state index contributed by atoms with van der Waals surface area (Å²) < 4.78 is 16.0. The Morgan fingerprint density at radius 1 is 1.31 bits per heavy atom. The minimum absolute atomic E-state index is 0.193. The Bertz CT molecular complexity index is 1110. The van der Waals surface area contributed by atoms with Crippen LogP contribution in [0.5, 0.6) is 11.5 Å². The molecule has 0 aliphatic carbocycles. The van der Waals surface area contributed by atoms with Crippen molar-refractivity contribution in [1.82, 2.24) is 14.9 Å². The van der Waals surface area contributed by atoms with Gasteiger partial charge in [-0.15, -0.1) is 17.9 Å². The predicted octanol–water partition coefficient (Wildman–Crippen LogP) is 3.05. The maximum atomic E-state index is 13.0. The Hall–Kier alpha value is -2.72. The molecule has 1 atom stereocenters. The van der Waals surface area contributed by atoms with E-state index in [4.69, 9.17) is 14.2 Å². The van der Waals surface area contributed by atoms with Gasteiger partial charge in [-0.1, -0.05) is 19.1 Å². The third-order valence-electron chi connectivity index (χ3n) is 5.02. The fourth-order valence-electron chi connectivity index (χ4n) is 3.44. The number of benzene rings is 1. The van der Waals surface area contributed by atoms with E-state index < -0.39 is 6.10 Å². The van der Waals surface area contributed by atoms with Crippen molar-refractivity contribution in [1.29, 1.82) is 0 Å². The number of aliphatic hydroxyl groups is 1. The van der Waals surface area contributed by atoms with Crippen molar-refractivity contribution in [3.05, 3.63) is 52.4 Å². The van der Waals surface area contributed by atoms with Crippen LogP contribution < -0.4 is 15.0 Å². The van der Waals surface area contributed by atoms with Crippen LogP contribution in [0.3, 0.4) is 0 Å². The molecule has 0 radical (unpaired) electrons. The highest BCUT2D eigenvalue weighted by Gasteiger charge is 2.17. The van der Waals surface area contributed by atoms with Gasteiger partial charge in [-0.25, -0.2) is 4.98 Å². The summed E-state index contributed by atoms with van der Waals surface area (Å²) in [7, 11) is 3.16. The normalized spacial score (nSPS) is 12.3. The number of fused-ring (bicyclic) bond motifs is 1. The van der Waals surface area contributed by atoms with Crippen LogP contribution in [0.2, 0.25) is 0 Å². The number of aromatic amines is 1. The number of hydrogen-bond donors (Lipinski definition) is 2. The first kappa shape index (κ1) is 23.9. The van der Waals surface area contributed by atoms with E-state index in [9.17, 15) is 9.90 Å². The number of H-pyrrole nitrogens is 1. The van der Waals surface area contributed by atoms with Gasteiger partial charge in [0.2, 0.25) is 0 Å². The summed E-state index contributed by atoms with van der Waals surface area (Å²) in [5.41, 5.74) is 1.46. The number of likely N-dealkylation sites (N-methyl/N-ethyl adjacent to an activating group) is 1. The third kappa shape index (κ3) is 5.55. The topological polar surface area (TPSA) is 96.9 Å². The molecule has 0 saturated heterocycles. The van der Waals surface area contributed by atoms with Gasteiger partial charge in [-0.3, -0.25) is 9.69 Å². The zero-order chi connectivity index (χ0) is 23.1. The van der Waals surface area contributed by atoms with Gasteiger partial charge in [0.25, 0.3) is 5.56 Å². The minimum Gasteiger partial charge on any atom is -0.493 e. The van der Waals surface area contributed by atoms with Gasteiger partial charge in [0.15, 0.2) is 11.5 Å². The highest BCUT2D eigenvalue weighted by Crippen LogP contribution is 2.36. The molecule has 0 amide bonds. The lowest BCUT2D eigenvalue weighted by Crippen LogP contribution is -2.35. The van der Waals surface area contributed by atoms with Crippen molar-refractivity contribution >= 4 is 21.6 Å². The number of rotatable bonds is 12. The fraction of sp³-hybridized carbons (Fsp3) is 0.391. The van der Waals surface area contributed by atoms with E-state index in [0.29, 0.717) is 53.8 Å². The number of aliphatic hydroxyl groups excluding tert-OH is 1. The van der Waals surface area contributed by atoms with Crippen molar-refractivity contribution in [3.8, 4) is 22.6 Å². The second-order valence-corrected chi connectivity index (χ2v) is 8.08. The molecule has 2 aromatic heterocycles. The molecular formula is C23H29N3O5S. The van der Waals surface area contributed by atoms with E-state index in [1.165, 1.54) is 11.3 Å². The molecule has 0 bridgehead atoms. The molecule has 0 fully saturated rings. The van der Waals surface area contributed by atoms with Crippen LogP contribution in [-0.2, 0) is 11.3 Å². The van der Waals surface area contributed by atoms with Crippen molar-refractivity contribution in [2.75, 3.05) is 40.5 Å². The van der Waals surface area contributed by atoms with Crippen LogP contribution in [0.15, 0.2) is 41.0 Å². The Balaban J connectivity index is 1.83. The molecule has 0 aliphatic rings. The summed E-state index contributed by atoms with van der Waals surface area (Å²) in [5.74, 6) is 1.78. The summed E-state index contributed by atoms with van der Waals surface area (Å²) >= 11 is 1.42. The molecule has 32 heavy (non-hydrogen) atoms. The molecule has 3 aromatic rings. The van der Waals surface area contributed by atoms with E-state index in [1.54, 1.807) is 20.3 Å². The van der Waals surface area contributed by atoms with Crippen LogP contribution in [0.25, 0.3) is 21.3 Å². The third-order valence-corrected chi connectivity index (χ3v) is 5.90. The van der Waals surface area contributed by atoms with Crippen molar-refractivity contribution in [2.45, 2.75) is 19.6 Å². The molecule has 9 heteroatoms. The number of nitrogens with zero attached hydrogens (tertiary/aromatic N) is 2. The highest BCUT2D eigenvalue weighted by atomic mass is 32.1. The Morgan fingerprint density at radius 3 is 2.78 bits per heavy atom. The van der Waals surface area contributed by atoms with Crippen molar-refractivity contribution in [2.24, 2.45) is 0 Å². The molecule has 8 nitrogen and oxygen atoms in total. The number of thiophene rings is 1. The fourth-order valence-corrected chi connectivity index (χ4v) is 4.41. The average Bonchev–Trinajstić information content (AvgIpc) is 3.22. The molecule has 0 saturated carbocycles. The van der Waals surface area contributed by atoms with E-state index in [-0.39, 0.29) is 12.2 Å². The van der Waals surface area contributed by atoms with Crippen LogP contribution in [-0.4, -0.2) is 66.6 Å². The van der Waals surface area contributed by atoms with Crippen molar-refractivity contribution < 1.29 is 19.3 Å². The number of nitrogens with one attached hydrogen (secondary N) is 1. The van der Waals surface area contributed by atoms with Gasteiger partial charge in [0, 0.05) is 17.5 Å². The smallest absolute Gasteiger partial charge is 0.260 e. The van der Waals surface area contributed by atoms with E-state index in [0.717, 1.165) is 11.1 Å². The highest BCUT2D eigenvalue weighted by molar-refractivity contribution is 7.17. The lowest BCUT2D eigenvalue weighted by molar-refractivity contribution is 0.0252. The van der Waals surface area contributed by atoms with E-state index >= 15 is 0 Å². The van der Waals surface area contributed by atoms with Crippen LogP contribution >= 0.6 is 11.3 Å². The number of hydrogen-bond acceptors (Lipinski definition) is 8. The second-order valence-electron chi connectivity index (χ2n) is 7.22. The lowest BCUT2D eigenvalue weighted by Gasteiger charge is -2.22. The standard InChI is InChI=1S/C23H29N3O5S/c1-5-9-31-13-16(27)11-26(6-2)12-20-24-22(28)21-17(14-32-23(21)25-20)15-7-8-18(29-3)19(10-15)30-4/h5,7-8,10,14,16,27H,1,6,9,11-13H2,2-4H3,(H,24,25,28)/t16-/m1/s1. The lowest BCUT2D eigenvalue weighted by atomic mass is 10.1. The van der Waals surface area contributed by atoms with Gasteiger partial charge < -0.3 is 24.3 Å². The molecule has 0 spiro atoms. The van der Waals surface area contributed by atoms with Crippen molar-refractivity contribution in [3.63, 3.8) is 0 Å². The Kier molecular flexibility index (Phi) is 8.40. The summed E-state index contributed by atoms with van der Waals surface area (Å²) in [6, 6.07) is 5.56. The van der Waals surface area contributed by atoms with Gasteiger partial charge in [0.05, 0.1) is 45.5 Å². The first-order chi connectivity index (χ1) is 15.5. The molecular weight excluding hydrogens is 430 g/mol. The molecule has 0 unspecified atom stereocenters. The molecule has 172 valence electrons. The Morgan fingerprint density at radius 2 is 2.09 bits per heavy atom. The SMILES string of the molecule is C=CCOC[C@H](O)CN(CC)Cc1nc2scc(-c3ccc(OC)c(OC)c3)c2c(=O)[nH]1. The van der Waals surface area contributed by atoms with E-state index in [1.807, 2.05) is 35.4 Å². The Labute approximate surface area is 191 Å². The minimum atomic E-state index is -0.635. The monoisotopic (exact) mass is 459 g/mol. The zero-order valence-corrected chi connectivity index (χ0v) is 19.4. The largest absolute Gasteiger partial charge is 0.493 e. The molecule has 1 aromatic carbocycles. The maximum Gasteiger partial charge on any atom is 0.260 e. The molecule has 2 heterocycles.